The van der Waals surface area contributed by atoms with E-state index in [1.807, 2.05) is 24.3 Å². The molecule has 0 amide bonds. The van der Waals surface area contributed by atoms with Crippen molar-refractivity contribution in [3.63, 3.8) is 0 Å². The summed E-state index contributed by atoms with van der Waals surface area (Å²) in [6.07, 6.45) is 20.8. The van der Waals surface area contributed by atoms with Gasteiger partial charge in [0.1, 0.15) is 6.29 Å². The van der Waals surface area contributed by atoms with Gasteiger partial charge in [-0.2, -0.15) is 0 Å². The van der Waals surface area contributed by atoms with Gasteiger partial charge in [0.05, 0.1) is 0 Å². The number of carbonyl (C=O) groups is 2. The van der Waals surface area contributed by atoms with Gasteiger partial charge in [-0.3, -0.25) is 4.79 Å². The van der Waals surface area contributed by atoms with Gasteiger partial charge in [0, 0.05) is 18.4 Å². The first-order valence-corrected chi connectivity index (χ1v) is 16.6. The molecular formula is C37H60N2O2. The number of hydrogen-bond acceptors (Lipinski definition) is 4. The molecule has 1 heterocycles. The maximum atomic E-state index is 11.8. The van der Waals surface area contributed by atoms with E-state index in [0.29, 0.717) is 19.3 Å². The third kappa shape index (κ3) is 18.0. The van der Waals surface area contributed by atoms with Crippen LogP contribution in [0.4, 0.5) is 0 Å². The van der Waals surface area contributed by atoms with Crippen LogP contribution in [0.25, 0.3) is 0 Å². The summed E-state index contributed by atoms with van der Waals surface area (Å²) in [5.74, 6) is 0.136. The maximum Gasteiger partial charge on any atom is 0.162 e. The molecule has 4 heteroatoms. The van der Waals surface area contributed by atoms with E-state index in [-0.39, 0.29) is 5.78 Å². The predicted octanol–water partition coefficient (Wildman–Crippen LogP) is 8.77. The lowest BCUT2D eigenvalue weighted by Gasteiger charge is -2.14. The van der Waals surface area contributed by atoms with Crippen molar-refractivity contribution in [2.75, 3.05) is 26.7 Å². The van der Waals surface area contributed by atoms with Gasteiger partial charge in [-0.1, -0.05) is 101 Å². The number of Topliss-reactive ketones (excluding diaryl/α,β-unsaturated/α-hetero) is 1. The third-order valence-electron chi connectivity index (χ3n) is 7.80. The number of ketones is 1. The first-order valence-electron chi connectivity index (χ1n) is 16.6. The van der Waals surface area contributed by atoms with E-state index in [9.17, 15) is 9.59 Å². The van der Waals surface area contributed by atoms with Crippen LogP contribution in [0.5, 0.6) is 0 Å². The van der Waals surface area contributed by atoms with Crippen molar-refractivity contribution in [1.82, 2.24) is 4.90 Å². The summed E-state index contributed by atoms with van der Waals surface area (Å²) in [5, 5.41) is 0. The summed E-state index contributed by atoms with van der Waals surface area (Å²) in [6, 6.07) is 17.3. The highest BCUT2D eigenvalue weighted by Crippen LogP contribution is 2.14. The molecule has 2 aromatic carbocycles. The second kappa shape index (κ2) is 25.4. The average molecular weight is 565 g/mol. The molecule has 2 aromatic rings. The normalized spacial score (nSPS) is 12.7. The van der Waals surface area contributed by atoms with Crippen LogP contribution >= 0.6 is 0 Å². The van der Waals surface area contributed by atoms with Gasteiger partial charge in [-0.15, -0.1) is 0 Å². The Labute approximate surface area is 252 Å². The number of carbonyl (C=O) groups excluding carboxylic acids is 2. The number of rotatable bonds is 19. The largest absolute Gasteiger partial charge is 0.333 e. The van der Waals surface area contributed by atoms with Crippen molar-refractivity contribution in [3.05, 3.63) is 70.8 Å². The van der Waals surface area contributed by atoms with E-state index in [2.05, 4.69) is 48.7 Å². The summed E-state index contributed by atoms with van der Waals surface area (Å²) < 4.78 is 0. The van der Waals surface area contributed by atoms with E-state index in [1.165, 1.54) is 127 Å². The molecule has 0 aromatic heterocycles. The molecule has 0 radical (unpaired) electrons. The van der Waals surface area contributed by atoms with E-state index in [0.717, 1.165) is 18.3 Å². The Hall–Kier alpha value is -2.30. The molecule has 0 saturated carbocycles. The minimum absolute atomic E-state index is 0.136. The molecule has 41 heavy (non-hydrogen) atoms. The van der Waals surface area contributed by atoms with Gasteiger partial charge >= 0.3 is 0 Å². The Morgan fingerprint density at radius 3 is 1.68 bits per heavy atom. The lowest BCUT2D eigenvalue weighted by molar-refractivity contribution is -0.107. The molecule has 1 aliphatic rings. The highest BCUT2D eigenvalue weighted by Gasteiger charge is 2.10. The smallest absolute Gasteiger partial charge is 0.162 e. The zero-order valence-electron chi connectivity index (χ0n) is 26.7. The molecule has 0 aliphatic carbocycles. The van der Waals surface area contributed by atoms with Crippen LogP contribution < -0.4 is 5.73 Å². The van der Waals surface area contributed by atoms with Gasteiger partial charge in [0.15, 0.2) is 5.78 Å². The predicted molar refractivity (Wildman–Crippen MR) is 177 cm³/mol. The zero-order chi connectivity index (χ0) is 30.0. The molecule has 1 fully saturated rings. The van der Waals surface area contributed by atoms with Crippen LogP contribution in [0, 0.1) is 0 Å². The second-order valence-corrected chi connectivity index (χ2v) is 11.3. The van der Waals surface area contributed by atoms with Gasteiger partial charge < -0.3 is 15.4 Å². The summed E-state index contributed by atoms with van der Waals surface area (Å²) in [7, 11) is 1.50. The van der Waals surface area contributed by atoms with Crippen molar-refractivity contribution >= 4 is 12.1 Å². The fourth-order valence-electron chi connectivity index (χ4n) is 5.25. The van der Waals surface area contributed by atoms with E-state index < -0.39 is 0 Å². The molecule has 2 N–H and O–H groups in total. The molecule has 0 atom stereocenters. The SMILES string of the molecule is CCCCCCCc1ccc(CCCN2CCCC2)cc1.CCCCCc1ccc(C(=O)CCCC=O)cc1.CN. The van der Waals surface area contributed by atoms with Crippen LogP contribution in [0.3, 0.4) is 0 Å². The zero-order valence-corrected chi connectivity index (χ0v) is 26.7. The van der Waals surface area contributed by atoms with Crippen LogP contribution in [-0.4, -0.2) is 43.7 Å². The van der Waals surface area contributed by atoms with Crippen LogP contribution in [0.1, 0.15) is 131 Å². The molecule has 0 unspecified atom stereocenters. The fraction of sp³-hybridized carbons (Fsp3) is 0.622. The molecule has 230 valence electrons. The van der Waals surface area contributed by atoms with Gasteiger partial charge in [0.2, 0.25) is 0 Å². The maximum absolute atomic E-state index is 11.8. The van der Waals surface area contributed by atoms with Gasteiger partial charge in [-0.25, -0.2) is 0 Å². The Morgan fingerprint density at radius 2 is 1.15 bits per heavy atom. The number of hydrogen-bond donors (Lipinski definition) is 1. The molecule has 3 rings (SSSR count). The van der Waals surface area contributed by atoms with Crippen LogP contribution in [0.15, 0.2) is 48.5 Å². The van der Waals surface area contributed by atoms with Crippen molar-refractivity contribution in [3.8, 4) is 0 Å². The average Bonchev–Trinajstić information content (AvgIpc) is 3.53. The van der Waals surface area contributed by atoms with Gasteiger partial charge in [0.25, 0.3) is 0 Å². The number of aldehydes is 1. The monoisotopic (exact) mass is 564 g/mol. The van der Waals surface area contributed by atoms with Crippen molar-refractivity contribution < 1.29 is 9.59 Å². The third-order valence-corrected chi connectivity index (χ3v) is 7.80. The van der Waals surface area contributed by atoms with Crippen molar-refractivity contribution in [1.29, 1.82) is 0 Å². The molecular weight excluding hydrogens is 504 g/mol. The first-order chi connectivity index (χ1) is 20.2. The fourth-order valence-corrected chi connectivity index (χ4v) is 5.25. The molecule has 4 nitrogen and oxygen atoms in total. The minimum atomic E-state index is 0.136. The number of unbranched alkanes of at least 4 members (excludes halogenated alkanes) is 7. The van der Waals surface area contributed by atoms with Crippen LogP contribution in [0.2, 0.25) is 0 Å². The van der Waals surface area contributed by atoms with Crippen molar-refractivity contribution in [2.24, 2.45) is 5.73 Å². The highest BCUT2D eigenvalue weighted by atomic mass is 16.1. The molecule has 1 aliphatic heterocycles. The van der Waals surface area contributed by atoms with Crippen LogP contribution in [-0.2, 0) is 24.1 Å². The Bertz CT molecular complexity index is 886. The Morgan fingerprint density at radius 1 is 0.683 bits per heavy atom. The van der Waals surface area contributed by atoms with Gasteiger partial charge in [-0.05, 0) is 101 Å². The second-order valence-electron chi connectivity index (χ2n) is 11.3. The number of nitrogens with zero attached hydrogens (tertiary/aromatic N) is 1. The number of nitrogens with two attached hydrogens (primary N) is 1. The van der Waals surface area contributed by atoms with E-state index in [4.69, 9.17) is 0 Å². The molecule has 1 saturated heterocycles. The number of benzene rings is 2. The first kappa shape index (κ1) is 36.7. The van der Waals surface area contributed by atoms with Crippen molar-refractivity contribution in [2.45, 2.75) is 123 Å². The summed E-state index contributed by atoms with van der Waals surface area (Å²) in [4.78, 5) is 24.6. The number of aryl methyl sites for hydroxylation is 3. The minimum Gasteiger partial charge on any atom is -0.333 e. The summed E-state index contributed by atoms with van der Waals surface area (Å²) in [5.41, 5.74) is 9.60. The highest BCUT2D eigenvalue weighted by molar-refractivity contribution is 5.96. The van der Waals surface area contributed by atoms with E-state index in [1.54, 1.807) is 0 Å². The lowest BCUT2D eigenvalue weighted by atomic mass is 10.0. The standard InChI is InChI=1S/C20H33N.C16H22O2.CH5N/c1-2-3-4-5-6-10-19-12-14-20(15-13-19)11-9-18-21-16-7-8-17-21;1-2-3-4-7-14-9-11-15(12-10-14)16(18)8-5-6-13-17;1-2/h12-15H,2-11,16-18H2,1H3;9-13H,2-8H2,1H3;2H2,1H3. The van der Waals surface area contributed by atoms with E-state index >= 15 is 0 Å². The number of likely N-dealkylation sites (tertiary alicyclic amines) is 1. The topological polar surface area (TPSA) is 63.4 Å². The Kier molecular flexibility index (Phi) is 22.8. The lowest BCUT2D eigenvalue weighted by Crippen LogP contribution is -2.20. The molecule has 0 spiro atoms. The summed E-state index contributed by atoms with van der Waals surface area (Å²) in [6.45, 7) is 8.43. The summed E-state index contributed by atoms with van der Waals surface area (Å²) >= 11 is 0. The Balaban J connectivity index is 0.000000391. The quantitative estimate of drug-likeness (QED) is 0.105. The molecule has 0 bridgehead atoms.